The summed E-state index contributed by atoms with van der Waals surface area (Å²) in [5, 5.41) is 0. The average molecular weight is 313 g/mol. The molecule has 0 saturated heterocycles. The summed E-state index contributed by atoms with van der Waals surface area (Å²) in [6.07, 6.45) is 5.86. The van der Waals surface area contributed by atoms with Gasteiger partial charge in [-0.25, -0.2) is 8.42 Å². The van der Waals surface area contributed by atoms with Crippen LogP contribution in [0, 0.1) is 0 Å². The van der Waals surface area contributed by atoms with Gasteiger partial charge in [-0.05, 0) is 31.7 Å². The molecule has 1 aromatic rings. The lowest BCUT2D eigenvalue weighted by Gasteiger charge is -2.20. The van der Waals surface area contributed by atoms with Crippen LogP contribution in [0.5, 0.6) is 0 Å². The largest absolute Gasteiger partial charge is 0.383 e. The van der Waals surface area contributed by atoms with E-state index in [-0.39, 0.29) is 6.04 Å². The van der Waals surface area contributed by atoms with Crippen molar-refractivity contribution in [1.82, 2.24) is 8.87 Å². The van der Waals surface area contributed by atoms with Crippen LogP contribution in [0.15, 0.2) is 17.2 Å². The minimum atomic E-state index is -3.45. The topological polar surface area (TPSA) is 77.6 Å². The molecule has 3 rings (SSSR count). The lowest BCUT2D eigenvalue weighted by molar-refractivity contribution is 0.177. The molecule has 2 saturated carbocycles. The highest BCUT2D eigenvalue weighted by atomic mass is 32.2. The van der Waals surface area contributed by atoms with Crippen molar-refractivity contribution in [2.45, 2.75) is 49.2 Å². The summed E-state index contributed by atoms with van der Waals surface area (Å²) in [4.78, 5) is 0.373. The fourth-order valence-corrected chi connectivity index (χ4v) is 4.39. The smallest absolute Gasteiger partial charge is 0.244 e. The summed E-state index contributed by atoms with van der Waals surface area (Å²) in [6.45, 7) is 1.20. The molecule has 2 aliphatic carbocycles. The molecular formula is C14H23N3O3S. The van der Waals surface area contributed by atoms with Crippen molar-refractivity contribution in [3.63, 3.8) is 0 Å². The number of ether oxygens (including phenoxy) is 1. The fraction of sp³-hybridized carbons (Fsp3) is 0.714. The summed E-state index contributed by atoms with van der Waals surface area (Å²) in [7, 11) is -1.86. The molecule has 2 fully saturated rings. The van der Waals surface area contributed by atoms with E-state index >= 15 is 0 Å². The van der Waals surface area contributed by atoms with E-state index in [1.807, 2.05) is 4.57 Å². The lowest BCUT2D eigenvalue weighted by atomic mass is 10.4. The number of hydrogen-bond acceptors (Lipinski definition) is 4. The number of methoxy groups -OCH3 is 1. The number of hydrogen-bond donors (Lipinski definition) is 1. The molecule has 0 aromatic carbocycles. The maximum Gasteiger partial charge on any atom is 0.244 e. The van der Waals surface area contributed by atoms with Crippen LogP contribution >= 0.6 is 0 Å². The fourth-order valence-electron chi connectivity index (χ4n) is 2.67. The molecule has 6 nitrogen and oxygen atoms in total. The molecule has 0 spiro atoms. The van der Waals surface area contributed by atoms with E-state index in [2.05, 4.69) is 0 Å². The van der Waals surface area contributed by atoms with E-state index < -0.39 is 10.0 Å². The standard InChI is InChI=1S/C14H23N3O3S/c1-20-7-6-17(12-4-5-12)21(18,19)14-8-13(9-15)16(10-14)11-2-3-11/h8,10-12H,2-7,9,15H2,1H3. The van der Waals surface area contributed by atoms with Gasteiger partial charge in [-0.3, -0.25) is 0 Å². The zero-order valence-electron chi connectivity index (χ0n) is 12.4. The van der Waals surface area contributed by atoms with Crippen LogP contribution in [-0.4, -0.2) is 43.6 Å². The summed E-state index contributed by atoms with van der Waals surface area (Å²) >= 11 is 0. The first kappa shape index (κ1) is 15.0. The van der Waals surface area contributed by atoms with Gasteiger partial charge in [-0.15, -0.1) is 0 Å². The minimum absolute atomic E-state index is 0.135. The summed E-state index contributed by atoms with van der Waals surface area (Å²) in [6, 6.07) is 2.30. The van der Waals surface area contributed by atoms with Gasteiger partial charge >= 0.3 is 0 Å². The van der Waals surface area contributed by atoms with E-state index in [1.165, 1.54) is 0 Å². The molecule has 0 radical (unpaired) electrons. The van der Waals surface area contributed by atoms with Gasteiger partial charge < -0.3 is 15.0 Å². The highest BCUT2D eigenvalue weighted by Gasteiger charge is 2.39. The second kappa shape index (κ2) is 5.72. The van der Waals surface area contributed by atoms with E-state index in [0.29, 0.717) is 30.6 Å². The Bertz CT molecular complexity index is 603. The normalized spacial score (nSPS) is 19.4. The van der Waals surface area contributed by atoms with Crippen LogP contribution in [0.2, 0.25) is 0 Å². The van der Waals surface area contributed by atoms with Gasteiger partial charge in [0.15, 0.2) is 0 Å². The minimum Gasteiger partial charge on any atom is -0.383 e. The van der Waals surface area contributed by atoms with Crippen LogP contribution in [0.1, 0.15) is 37.4 Å². The van der Waals surface area contributed by atoms with Crippen molar-refractivity contribution in [2.75, 3.05) is 20.3 Å². The second-order valence-electron chi connectivity index (χ2n) is 5.85. The van der Waals surface area contributed by atoms with Crippen LogP contribution in [-0.2, 0) is 21.3 Å². The van der Waals surface area contributed by atoms with Gasteiger partial charge in [0.2, 0.25) is 10.0 Å². The number of sulfonamides is 1. The first-order valence-corrected chi connectivity index (χ1v) is 8.93. The lowest BCUT2D eigenvalue weighted by Crippen LogP contribution is -2.35. The maximum atomic E-state index is 12.9. The van der Waals surface area contributed by atoms with E-state index in [4.69, 9.17) is 10.5 Å². The van der Waals surface area contributed by atoms with Crippen molar-refractivity contribution in [3.8, 4) is 0 Å². The van der Waals surface area contributed by atoms with Gasteiger partial charge in [0.1, 0.15) is 4.90 Å². The van der Waals surface area contributed by atoms with Gasteiger partial charge in [-0.1, -0.05) is 0 Å². The van der Waals surface area contributed by atoms with Crippen molar-refractivity contribution < 1.29 is 13.2 Å². The number of nitrogens with two attached hydrogens (primary N) is 1. The summed E-state index contributed by atoms with van der Waals surface area (Å²) in [5.74, 6) is 0. The predicted octanol–water partition coefficient (Wildman–Crippen LogP) is 1.08. The van der Waals surface area contributed by atoms with E-state index in [0.717, 1.165) is 31.4 Å². The zero-order valence-corrected chi connectivity index (χ0v) is 13.2. The Morgan fingerprint density at radius 3 is 2.62 bits per heavy atom. The Hall–Kier alpha value is -0.890. The van der Waals surface area contributed by atoms with Crippen LogP contribution in [0.4, 0.5) is 0 Å². The SMILES string of the molecule is COCCN(C1CC1)S(=O)(=O)c1cc(CN)n(C2CC2)c1. The Morgan fingerprint density at radius 1 is 1.38 bits per heavy atom. The van der Waals surface area contributed by atoms with Gasteiger partial charge in [0.25, 0.3) is 0 Å². The molecule has 0 aliphatic heterocycles. The van der Waals surface area contributed by atoms with Crippen LogP contribution < -0.4 is 5.73 Å². The van der Waals surface area contributed by atoms with Crippen molar-refractivity contribution in [2.24, 2.45) is 5.73 Å². The predicted molar refractivity (Wildman–Crippen MR) is 79.4 cm³/mol. The molecule has 0 amide bonds. The summed E-state index contributed by atoms with van der Waals surface area (Å²) < 4.78 is 34.4. The van der Waals surface area contributed by atoms with Crippen molar-refractivity contribution >= 4 is 10.0 Å². The van der Waals surface area contributed by atoms with Gasteiger partial charge in [0.05, 0.1) is 6.61 Å². The Morgan fingerprint density at radius 2 is 2.10 bits per heavy atom. The molecule has 2 aliphatic rings. The number of aromatic nitrogens is 1. The molecule has 0 atom stereocenters. The van der Waals surface area contributed by atoms with Crippen molar-refractivity contribution in [3.05, 3.63) is 18.0 Å². The molecule has 118 valence electrons. The van der Waals surface area contributed by atoms with E-state index in [9.17, 15) is 8.42 Å². The maximum absolute atomic E-state index is 12.9. The molecule has 2 N–H and O–H groups in total. The monoisotopic (exact) mass is 313 g/mol. The van der Waals surface area contributed by atoms with Crippen molar-refractivity contribution in [1.29, 1.82) is 0 Å². The van der Waals surface area contributed by atoms with Gasteiger partial charge in [-0.2, -0.15) is 4.31 Å². The first-order chi connectivity index (χ1) is 10.1. The quantitative estimate of drug-likeness (QED) is 0.779. The highest BCUT2D eigenvalue weighted by molar-refractivity contribution is 7.89. The Balaban J connectivity index is 1.89. The van der Waals surface area contributed by atoms with Crippen LogP contribution in [0.3, 0.4) is 0 Å². The molecule has 0 unspecified atom stereocenters. The Kier molecular flexibility index (Phi) is 4.09. The van der Waals surface area contributed by atoms with Gasteiger partial charge in [0, 0.05) is 44.2 Å². The average Bonchev–Trinajstić information content (AvgIpc) is 3.38. The van der Waals surface area contributed by atoms with Crippen LogP contribution in [0.25, 0.3) is 0 Å². The highest BCUT2D eigenvalue weighted by Crippen LogP contribution is 2.38. The third-order valence-electron chi connectivity index (χ3n) is 4.13. The van der Waals surface area contributed by atoms with E-state index in [1.54, 1.807) is 23.7 Å². The molecule has 0 bridgehead atoms. The molecule has 1 heterocycles. The third-order valence-corrected chi connectivity index (χ3v) is 6.05. The number of nitrogens with zero attached hydrogens (tertiary/aromatic N) is 2. The zero-order chi connectivity index (χ0) is 15.0. The first-order valence-electron chi connectivity index (χ1n) is 7.49. The summed E-state index contributed by atoms with van der Waals surface area (Å²) in [5.41, 5.74) is 6.65. The molecular weight excluding hydrogens is 290 g/mol. The molecule has 21 heavy (non-hydrogen) atoms. The Labute approximate surface area is 125 Å². The molecule has 7 heteroatoms. The second-order valence-corrected chi connectivity index (χ2v) is 7.74. The number of rotatable bonds is 8. The third kappa shape index (κ3) is 3.01. The molecule has 1 aromatic heterocycles.